The summed E-state index contributed by atoms with van der Waals surface area (Å²) < 4.78 is 0. The first-order chi connectivity index (χ1) is 9.72. The molecule has 1 aromatic carbocycles. The van der Waals surface area contributed by atoms with Crippen LogP contribution < -0.4 is 5.32 Å². The monoisotopic (exact) mass is 308 g/mol. The fraction of sp³-hybridized carbons (Fsp3) is 0.588. The minimum atomic E-state index is 0. The Hall–Kier alpha value is -1.06. The van der Waals surface area contributed by atoms with Crippen molar-refractivity contribution in [2.45, 2.75) is 26.2 Å². The van der Waals surface area contributed by atoms with Crippen molar-refractivity contribution in [3.63, 3.8) is 0 Å². The number of hydrogen-bond donors (Lipinski definition) is 1. The second-order valence-corrected chi connectivity index (χ2v) is 6.30. The molecule has 0 spiro atoms. The van der Waals surface area contributed by atoms with Gasteiger partial charge in [-0.2, -0.15) is 0 Å². The van der Waals surface area contributed by atoms with Crippen molar-refractivity contribution < 1.29 is 4.79 Å². The molecule has 2 saturated heterocycles. The van der Waals surface area contributed by atoms with Gasteiger partial charge in [0, 0.05) is 13.1 Å². The van der Waals surface area contributed by atoms with E-state index in [4.69, 9.17) is 0 Å². The molecule has 2 aliphatic rings. The second-order valence-electron chi connectivity index (χ2n) is 6.30. The molecule has 116 valence electrons. The van der Waals surface area contributed by atoms with Crippen LogP contribution in [0.2, 0.25) is 0 Å². The van der Waals surface area contributed by atoms with Crippen molar-refractivity contribution in [2.24, 2.45) is 11.8 Å². The van der Waals surface area contributed by atoms with E-state index in [0.717, 1.165) is 56.4 Å². The molecule has 0 radical (unpaired) electrons. The fourth-order valence-corrected chi connectivity index (χ4v) is 3.46. The number of fused-ring (bicyclic) bond motifs is 1. The molecular weight excluding hydrogens is 284 g/mol. The van der Waals surface area contributed by atoms with E-state index < -0.39 is 0 Å². The summed E-state index contributed by atoms with van der Waals surface area (Å²) >= 11 is 0. The van der Waals surface area contributed by atoms with E-state index in [0.29, 0.717) is 12.3 Å². The molecule has 0 bridgehead atoms. The Labute approximate surface area is 133 Å². The normalized spacial score (nSPS) is 24.9. The third-order valence-electron chi connectivity index (χ3n) is 4.85. The average Bonchev–Trinajstić information content (AvgIpc) is 2.80. The van der Waals surface area contributed by atoms with Crippen LogP contribution in [0.1, 0.15) is 24.0 Å². The van der Waals surface area contributed by atoms with Crippen molar-refractivity contribution in [2.75, 3.05) is 26.2 Å². The van der Waals surface area contributed by atoms with Gasteiger partial charge in [-0.15, -0.1) is 12.4 Å². The molecule has 1 N–H and O–H groups in total. The molecule has 0 saturated carbocycles. The van der Waals surface area contributed by atoms with E-state index in [1.807, 2.05) is 0 Å². The predicted molar refractivity (Wildman–Crippen MR) is 87.8 cm³/mol. The third-order valence-corrected chi connectivity index (χ3v) is 4.85. The Balaban J connectivity index is 0.00000161. The maximum atomic E-state index is 12.4. The van der Waals surface area contributed by atoms with Gasteiger partial charge in [0.05, 0.1) is 6.42 Å². The summed E-state index contributed by atoms with van der Waals surface area (Å²) in [6.07, 6.45) is 2.88. The highest BCUT2D eigenvalue weighted by Crippen LogP contribution is 2.27. The lowest BCUT2D eigenvalue weighted by Gasteiger charge is -2.21. The highest BCUT2D eigenvalue weighted by molar-refractivity contribution is 5.85. The molecule has 0 unspecified atom stereocenters. The summed E-state index contributed by atoms with van der Waals surface area (Å²) in [6, 6.07) is 8.32. The minimum absolute atomic E-state index is 0. The van der Waals surface area contributed by atoms with Crippen molar-refractivity contribution in [1.29, 1.82) is 0 Å². The number of amides is 1. The van der Waals surface area contributed by atoms with Gasteiger partial charge >= 0.3 is 0 Å². The van der Waals surface area contributed by atoms with Gasteiger partial charge in [-0.1, -0.05) is 29.8 Å². The van der Waals surface area contributed by atoms with Crippen molar-refractivity contribution >= 4 is 18.3 Å². The molecule has 3 nitrogen and oxygen atoms in total. The molecule has 2 fully saturated rings. The number of carbonyl (C=O) groups excluding carboxylic acids is 1. The van der Waals surface area contributed by atoms with Crippen molar-refractivity contribution in [3.05, 3.63) is 35.4 Å². The summed E-state index contributed by atoms with van der Waals surface area (Å²) in [4.78, 5) is 14.5. The zero-order valence-corrected chi connectivity index (χ0v) is 13.5. The Morgan fingerprint density at radius 1 is 1.14 bits per heavy atom. The van der Waals surface area contributed by atoms with Crippen molar-refractivity contribution in [1.82, 2.24) is 10.2 Å². The van der Waals surface area contributed by atoms with E-state index in [9.17, 15) is 4.79 Å². The lowest BCUT2D eigenvalue weighted by molar-refractivity contribution is -0.130. The van der Waals surface area contributed by atoms with Gasteiger partial charge in [-0.05, 0) is 50.3 Å². The predicted octanol–water partition coefficient (Wildman–Crippen LogP) is 2.42. The number of hydrogen-bond acceptors (Lipinski definition) is 2. The number of aryl methyl sites for hydroxylation is 1. The maximum Gasteiger partial charge on any atom is 0.226 e. The highest BCUT2D eigenvalue weighted by Gasteiger charge is 2.31. The van der Waals surface area contributed by atoms with Gasteiger partial charge in [0.15, 0.2) is 0 Å². The topological polar surface area (TPSA) is 32.3 Å². The molecule has 0 aliphatic carbocycles. The Morgan fingerprint density at radius 3 is 2.29 bits per heavy atom. The second kappa shape index (κ2) is 7.28. The molecule has 4 heteroatoms. The zero-order chi connectivity index (χ0) is 13.9. The first-order valence-corrected chi connectivity index (χ1v) is 7.76. The van der Waals surface area contributed by atoms with Crippen LogP contribution in [0.5, 0.6) is 0 Å². The molecule has 0 aromatic heterocycles. The summed E-state index contributed by atoms with van der Waals surface area (Å²) in [6.45, 7) is 6.24. The highest BCUT2D eigenvalue weighted by atomic mass is 35.5. The molecule has 3 rings (SSSR count). The molecular formula is C17H25ClN2O. The van der Waals surface area contributed by atoms with Crippen LogP contribution in [0, 0.1) is 18.8 Å². The lowest BCUT2D eigenvalue weighted by Crippen LogP contribution is -2.33. The Kier molecular flexibility index (Phi) is 5.65. The quantitative estimate of drug-likeness (QED) is 0.910. The smallest absolute Gasteiger partial charge is 0.226 e. The number of likely N-dealkylation sites (tertiary alicyclic amines) is 1. The molecule has 1 amide bonds. The van der Waals surface area contributed by atoms with Crippen molar-refractivity contribution in [3.8, 4) is 0 Å². The van der Waals surface area contributed by atoms with Crippen LogP contribution in [-0.2, 0) is 11.2 Å². The minimum Gasteiger partial charge on any atom is -0.342 e. The number of rotatable bonds is 2. The Morgan fingerprint density at radius 2 is 1.71 bits per heavy atom. The van der Waals surface area contributed by atoms with E-state index in [-0.39, 0.29) is 12.4 Å². The number of benzene rings is 1. The van der Waals surface area contributed by atoms with Crippen LogP contribution in [0.4, 0.5) is 0 Å². The van der Waals surface area contributed by atoms with Crippen LogP contribution in [-0.4, -0.2) is 37.0 Å². The molecule has 1 aromatic rings. The average molecular weight is 309 g/mol. The van der Waals surface area contributed by atoms with Gasteiger partial charge in [0.25, 0.3) is 0 Å². The number of nitrogens with one attached hydrogen (secondary N) is 1. The van der Waals surface area contributed by atoms with Crippen LogP contribution in [0.3, 0.4) is 0 Å². The number of halogens is 1. The Bertz CT molecular complexity index is 460. The zero-order valence-electron chi connectivity index (χ0n) is 12.7. The first-order valence-electron chi connectivity index (χ1n) is 7.76. The van der Waals surface area contributed by atoms with Gasteiger partial charge in [0.1, 0.15) is 0 Å². The third kappa shape index (κ3) is 3.98. The van der Waals surface area contributed by atoms with Crippen LogP contribution >= 0.6 is 12.4 Å². The molecule has 2 aliphatic heterocycles. The first kappa shape index (κ1) is 16.3. The lowest BCUT2D eigenvalue weighted by atomic mass is 9.92. The maximum absolute atomic E-state index is 12.4. The largest absolute Gasteiger partial charge is 0.342 e. The number of nitrogens with zero attached hydrogens (tertiary/aromatic N) is 1. The fourth-order valence-electron chi connectivity index (χ4n) is 3.46. The van der Waals surface area contributed by atoms with Crippen LogP contribution in [0.25, 0.3) is 0 Å². The summed E-state index contributed by atoms with van der Waals surface area (Å²) in [5.74, 6) is 1.86. The molecule has 2 heterocycles. The van der Waals surface area contributed by atoms with Crippen LogP contribution in [0.15, 0.2) is 24.3 Å². The molecule has 2 atom stereocenters. The van der Waals surface area contributed by atoms with Gasteiger partial charge < -0.3 is 10.2 Å². The van der Waals surface area contributed by atoms with E-state index in [2.05, 4.69) is 41.4 Å². The summed E-state index contributed by atoms with van der Waals surface area (Å²) in [5, 5.41) is 3.48. The summed E-state index contributed by atoms with van der Waals surface area (Å²) in [7, 11) is 0. The molecule has 21 heavy (non-hydrogen) atoms. The SMILES string of the molecule is Cc1ccc(CC(=O)N2CC[C@@H]3CNC[C@@H]3CC2)cc1.Cl. The van der Waals surface area contributed by atoms with Gasteiger partial charge in [-0.25, -0.2) is 0 Å². The number of carbonyl (C=O) groups is 1. The van der Waals surface area contributed by atoms with E-state index in [1.165, 1.54) is 5.56 Å². The van der Waals surface area contributed by atoms with Gasteiger partial charge in [0.2, 0.25) is 5.91 Å². The summed E-state index contributed by atoms with van der Waals surface area (Å²) in [5.41, 5.74) is 2.38. The van der Waals surface area contributed by atoms with E-state index in [1.54, 1.807) is 0 Å². The van der Waals surface area contributed by atoms with E-state index >= 15 is 0 Å². The standard InChI is InChI=1S/C17H24N2O.ClH/c1-13-2-4-14(5-3-13)10-17(20)19-8-6-15-11-18-12-16(15)7-9-19;/h2-5,15-16,18H,6-12H2,1H3;1H/t15-,16+;. The van der Waals surface area contributed by atoms with Gasteiger partial charge in [-0.3, -0.25) is 4.79 Å².